The van der Waals surface area contributed by atoms with Gasteiger partial charge in [-0.05, 0) is 84.8 Å². The Morgan fingerprint density at radius 3 is 2.44 bits per heavy atom. The van der Waals surface area contributed by atoms with Crippen molar-refractivity contribution < 1.29 is 33.3 Å². The quantitative estimate of drug-likeness (QED) is 0.190. The fraction of sp³-hybridized carbons (Fsp3) is 0.310. The van der Waals surface area contributed by atoms with Crippen LogP contribution in [0.2, 0.25) is 0 Å². The first-order chi connectivity index (χ1) is 19.6. The van der Waals surface area contributed by atoms with Crippen molar-refractivity contribution in [3.63, 3.8) is 0 Å². The minimum Gasteiger partial charge on any atom is -0.493 e. The molecular formula is C29H29IN2O8S. The van der Waals surface area contributed by atoms with Crippen LogP contribution in [0.15, 0.2) is 51.4 Å². The van der Waals surface area contributed by atoms with E-state index < -0.39 is 18.0 Å². The Bertz CT molecular complexity index is 1720. The van der Waals surface area contributed by atoms with Gasteiger partial charge in [0.2, 0.25) is 0 Å². The highest BCUT2D eigenvalue weighted by molar-refractivity contribution is 14.1. The van der Waals surface area contributed by atoms with Gasteiger partial charge in [0.25, 0.3) is 5.56 Å². The smallest absolute Gasteiger partial charge is 0.338 e. The molecule has 2 heterocycles. The van der Waals surface area contributed by atoms with E-state index >= 15 is 0 Å². The minimum atomic E-state index is -0.808. The molecule has 1 aliphatic rings. The Morgan fingerprint density at radius 1 is 1.07 bits per heavy atom. The molecule has 12 heteroatoms. The largest absolute Gasteiger partial charge is 0.493 e. The van der Waals surface area contributed by atoms with Crippen molar-refractivity contribution in [2.24, 2.45) is 4.99 Å². The molecule has 1 aromatic heterocycles. The molecule has 10 nitrogen and oxygen atoms in total. The number of methoxy groups -OCH3 is 2. The molecule has 0 saturated carbocycles. The van der Waals surface area contributed by atoms with Crippen LogP contribution in [-0.2, 0) is 14.3 Å². The Kier molecular flexibility index (Phi) is 9.53. The fourth-order valence-electron chi connectivity index (χ4n) is 4.46. The van der Waals surface area contributed by atoms with E-state index in [2.05, 4.69) is 27.6 Å². The molecule has 216 valence electrons. The molecular weight excluding hydrogens is 663 g/mol. The second-order valence-corrected chi connectivity index (χ2v) is 10.9. The number of nitrogens with zero attached hydrogens (tertiary/aromatic N) is 2. The number of allylic oxidation sites excluding steroid dienone is 1. The summed E-state index contributed by atoms with van der Waals surface area (Å²) in [6.07, 6.45) is 1.72. The van der Waals surface area contributed by atoms with Crippen molar-refractivity contribution in [1.29, 1.82) is 0 Å². The van der Waals surface area contributed by atoms with Gasteiger partial charge in [0.1, 0.15) is 0 Å². The summed E-state index contributed by atoms with van der Waals surface area (Å²) in [6, 6.07) is 7.94. The molecule has 0 fully saturated rings. The van der Waals surface area contributed by atoms with E-state index in [9.17, 15) is 14.4 Å². The zero-order valence-corrected chi connectivity index (χ0v) is 26.4. The third-order valence-electron chi connectivity index (χ3n) is 6.12. The number of halogens is 1. The van der Waals surface area contributed by atoms with Crippen LogP contribution in [0, 0.1) is 3.57 Å². The molecule has 0 saturated heterocycles. The van der Waals surface area contributed by atoms with Crippen LogP contribution in [-0.4, -0.2) is 43.9 Å². The average Bonchev–Trinajstić information content (AvgIpc) is 3.23. The van der Waals surface area contributed by atoms with E-state index in [0.29, 0.717) is 59.3 Å². The maximum absolute atomic E-state index is 14.0. The zero-order chi connectivity index (χ0) is 29.8. The predicted molar refractivity (Wildman–Crippen MR) is 162 cm³/mol. The van der Waals surface area contributed by atoms with Gasteiger partial charge in [-0.15, -0.1) is 0 Å². The summed E-state index contributed by atoms with van der Waals surface area (Å²) in [6.45, 7) is 7.12. The van der Waals surface area contributed by atoms with E-state index in [0.717, 1.165) is 0 Å². The van der Waals surface area contributed by atoms with E-state index in [1.54, 1.807) is 50.3 Å². The number of carbonyl (C=O) groups is 2. The summed E-state index contributed by atoms with van der Waals surface area (Å²) >= 11 is 3.26. The molecule has 4 rings (SSSR count). The third-order valence-corrected chi connectivity index (χ3v) is 7.90. The summed E-state index contributed by atoms with van der Waals surface area (Å²) in [7, 11) is 3.05. The normalized spacial score (nSPS) is 14.7. The lowest BCUT2D eigenvalue weighted by atomic mass is 9.95. The topological polar surface area (TPSA) is 115 Å². The molecule has 0 radical (unpaired) electrons. The molecule has 3 aromatic rings. The van der Waals surface area contributed by atoms with Gasteiger partial charge >= 0.3 is 11.9 Å². The third kappa shape index (κ3) is 6.17. The lowest BCUT2D eigenvalue weighted by molar-refractivity contribution is -0.139. The maximum atomic E-state index is 14.0. The Balaban J connectivity index is 1.94. The molecule has 2 aromatic carbocycles. The van der Waals surface area contributed by atoms with E-state index in [4.69, 9.17) is 23.7 Å². The SMILES string of the molecule is CCOC(=O)C1=C(C)N=c2s/c(=C\c3cc(I)c(OC(C)=O)c(OCC)c3)c(=O)n2[C@H]1c1ccc(OC)c(OC)c1. The lowest BCUT2D eigenvalue weighted by Gasteiger charge is -2.25. The molecule has 0 N–H and O–H groups in total. The Morgan fingerprint density at radius 2 is 1.80 bits per heavy atom. The molecule has 41 heavy (non-hydrogen) atoms. The van der Waals surface area contributed by atoms with Gasteiger partial charge in [-0.25, -0.2) is 9.79 Å². The summed E-state index contributed by atoms with van der Waals surface area (Å²) in [4.78, 5) is 43.8. The molecule has 1 atom stereocenters. The second-order valence-electron chi connectivity index (χ2n) is 8.77. The number of hydrogen-bond acceptors (Lipinski definition) is 10. The highest BCUT2D eigenvalue weighted by Gasteiger charge is 2.34. The number of hydrogen-bond donors (Lipinski definition) is 0. The second kappa shape index (κ2) is 12.9. The van der Waals surface area contributed by atoms with Crippen LogP contribution < -0.4 is 33.8 Å². The van der Waals surface area contributed by atoms with Crippen LogP contribution in [0.1, 0.15) is 44.9 Å². The summed E-state index contributed by atoms with van der Waals surface area (Å²) in [5.74, 6) is 0.654. The average molecular weight is 693 g/mol. The Hall–Kier alpha value is -3.65. The number of ether oxygens (including phenoxy) is 5. The van der Waals surface area contributed by atoms with Crippen LogP contribution in [0.4, 0.5) is 0 Å². The molecule has 0 aliphatic carbocycles. The number of carbonyl (C=O) groups excluding carboxylic acids is 2. The van der Waals surface area contributed by atoms with Crippen molar-refractivity contribution in [2.75, 3.05) is 27.4 Å². The standard InChI is InChI=1S/C29H29IN2O8S/c1-7-38-22-12-17(11-19(30)26(22)40-16(4)33)13-23-27(34)32-25(18-9-10-20(36-5)21(14-18)37-6)24(28(35)39-8-2)15(3)31-29(32)41-23/h9-14,25H,7-8H2,1-6H3/b23-13-/t25-/m0/s1. The molecule has 1 aliphatic heterocycles. The van der Waals surface area contributed by atoms with Crippen LogP contribution in [0.5, 0.6) is 23.0 Å². The van der Waals surface area contributed by atoms with E-state index in [1.807, 2.05) is 6.92 Å². The first-order valence-corrected chi connectivity index (χ1v) is 14.6. The van der Waals surface area contributed by atoms with Crippen molar-refractivity contribution in [3.8, 4) is 23.0 Å². The van der Waals surface area contributed by atoms with Gasteiger partial charge in [0.05, 0.1) is 52.8 Å². The molecule has 0 spiro atoms. The lowest BCUT2D eigenvalue weighted by Crippen LogP contribution is -2.40. The molecule has 0 bridgehead atoms. The monoisotopic (exact) mass is 692 g/mol. The number of benzene rings is 2. The predicted octanol–water partition coefficient (Wildman–Crippen LogP) is 3.74. The first-order valence-electron chi connectivity index (χ1n) is 12.7. The molecule has 0 amide bonds. The van der Waals surface area contributed by atoms with Crippen LogP contribution >= 0.6 is 33.9 Å². The molecule has 0 unspecified atom stereocenters. The number of fused-ring (bicyclic) bond motifs is 1. The maximum Gasteiger partial charge on any atom is 0.338 e. The number of rotatable bonds is 9. The summed E-state index contributed by atoms with van der Waals surface area (Å²) in [5.41, 5.74) is 1.68. The van der Waals surface area contributed by atoms with Crippen LogP contribution in [0.3, 0.4) is 0 Å². The highest BCUT2D eigenvalue weighted by Crippen LogP contribution is 2.37. The van der Waals surface area contributed by atoms with E-state index in [-0.39, 0.29) is 17.7 Å². The number of esters is 2. The van der Waals surface area contributed by atoms with Crippen molar-refractivity contribution in [1.82, 2.24) is 4.57 Å². The van der Waals surface area contributed by atoms with Gasteiger partial charge in [-0.1, -0.05) is 17.4 Å². The van der Waals surface area contributed by atoms with Crippen molar-refractivity contribution in [3.05, 3.63) is 76.0 Å². The van der Waals surface area contributed by atoms with Crippen molar-refractivity contribution in [2.45, 2.75) is 33.7 Å². The minimum absolute atomic E-state index is 0.169. The summed E-state index contributed by atoms with van der Waals surface area (Å²) in [5, 5.41) is 0. The first kappa shape index (κ1) is 30.3. The van der Waals surface area contributed by atoms with Gasteiger partial charge in [-0.2, -0.15) is 0 Å². The number of thiazole rings is 1. The summed E-state index contributed by atoms with van der Waals surface area (Å²) < 4.78 is 29.9. The fourth-order valence-corrected chi connectivity index (χ4v) is 6.24. The highest BCUT2D eigenvalue weighted by atomic mass is 127. The Labute approximate surface area is 254 Å². The van der Waals surface area contributed by atoms with E-state index in [1.165, 1.54) is 37.0 Å². The number of aromatic nitrogens is 1. The van der Waals surface area contributed by atoms with Crippen molar-refractivity contribution >= 4 is 51.9 Å². The van der Waals surface area contributed by atoms with Gasteiger partial charge < -0.3 is 23.7 Å². The van der Waals surface area contributed by atoms with Crippen LogP contribution in [0.25, 0.3) is 6.08 Å². The zero-order valence-electron chi connectivity index (χ0n) is 23.4. The van der Waals surface area contributed by atoms with Gasteiger partial charge in [0, 0.05) is 6.92 Å². The van der Waals surface area contributed by atoms with Gasteiger partial charge in [-0.3, -0.25) is 14.2 Å². The van der Waals surface area contributed by atoms with Gasteiger partial charge in [0.15, 0.2) is 27.8 Å².